The van der Waals surface area contributed by atoms with Gasteiger partial charge in [-0.3, -0.25) is 0 Å². The predicted octanol–water partition coefficient (Wildman–Crippen LogP) is 10.5. The fourth-order valence-corrected chi connectivity index (χ4v) is 5.38. The third-order valence-corrected chi connectivity index (χ3v) is 7.26. The minimum absolute atomic E-state index is 0.621. The molecule has 1 heteroatoms. The molecular weight excluding hydrogens is 386 g/mol. The molecule has 0 aliphatic rings. The summed E-state index contributed by atoms with van der Waals surface area (Å²) in [5.41, 5.74) is 5.65. The lowest BCUT2D eigenvalue weighted by Gasteiger charge is -2.22. The summed E-state index contributed by atoms with van der Waals surface area (Å²) in [5, 5.41) is 2.86. The topological polar surface area (TPSA) is 4.93 Å². The Morgan fingerprint density at radius 1 is 0.562 bits per heavy atom. The molecule has 1 aromatic heterocycles. The maximum Gasteiger partial charge on any atom is 0.0496 e. The minimum atomic E-state index is 0.621. The zero-order valence-electron chi connectivity index (χ0n) is 21.4. The number of rotatable bonds is 15. The van der Waals surface area contributed by atoms with Gasteiger partial charge in [0.2, 0.25) is 0 Å². The van der Waals surface area contributed by atoms with Crippen molar-refractivity contribution >= 4 is 21.8 Å². The molecule has 0 amide bonds. The molecule has 0 unspecified atom stereocenters. The maximum atomic E-state index is 2.74. The summed E-state index contributed by atoms with van der Waals surface area (Å²) in [6.07, 6.45) is 19.2. The van der Waals surface area contributed by atoms with Crippen LogP contribution in [0.3, 0.4) is 0 Å². The van der Waals surface area contributed by atoms with Crippen LogP contribution in [0.15, 0.2) is 36.4 Å². The molecule has 0 aliphatic carbocycles. The normalized spacial score (nSPS) is 11.9. The van der Waals surface area contributed by atoms with Gasteiger partial charge in [0, 0.05) is 27.8 Å². The largest absolute Gasteiger partial charge is 0.337 e. The van der Waals surface area contributed by atoms with Gasteiger partial charge >= 0.3 is 0 Å². The molecule has 0 atom stereocenters. The molecule has 0 saturated heterocycles. The molecule has 0 fully saturated rings. The van der Waals surface area contributed by atoms with Crippen molar-refractivity contribution < 1.29 is 0 Å². The van der Waals surface area contributed by atoms with E-state index in [1.54, 1.807) is 0 Å². The van der Waals surface area contributed by atoms with Crippen LogP contribution in [0, 0.1) is 13.8 Å². The molecule has 1 nitrogen and oxygen atoms in total. The van der Waals surface area contributed by atoms with Crippen molar-refractivity contribution in [3.63, 3.8) is 0 Å². The Bertz CT molecular complexity index is 873. The van der Waals surface area contributed by atoms with Crippen LogP contribution >= 0.6 is 0 Å². The molecule has 3 aromatic rings. The predicted molar refractivity (Wildman–Crippen MR) is 144 cm³/mol. The summed E-state index contributed by atoms with van der Waals surface area (Å²) in [4.78, 5) is 0. The van der Waals surface area contributed by atoms with Crippen LogP contribution in [0.4, 0.5) is 0 Å². The lowest BCUT2D eigenvalue weighted by Crippen LogP contribution is -2.09. The minimum Gasteiger partial charge on any atom is -0.337 e. The average molecular weight is 434 g/mol. The third-order valence-electron chi connectivity index (χ3n) is 7.26. The van der Waals surface area contributed by atoms with Gasteiger partial charge in [0.15, 0.2) is 0 Å². The molecule has 0 saturated carbocycles. The summed E-state index contributed by atoms with van der Waals surface area (Å²) in [5.74, 6) is 0. The molecule has 1 heterocycles. The van der Waals surface area contributed by atoms with Gasteiger partial charge < -0.3 is 4.57 Å². The average Bonchev–Trinajstić information content (AvgIpc) is 3.09. The standard InChI is InChI=1S/C31H47N/c1-5-7-9-11-13-15-17-27(18-16-14-12-10-8-6-2)32-30-23-25(3)19-21-28(30)29-22-20-26(4)24-31(29)32/h19-24,27H,5-18H2,1-4H3. The Morgan fingerprint density at radius 2 is 0.969 bits per heavy atom. The van der Waals surface area contributed by atoms with E-state index in [4.69, 9.17) is 0 Å². The van der Waals surface area contributed by atoms with E-state index in [2.05, 4.69) is 68.7 Å². The Hall–Kier alpha value is -1.76. The lowest BCUT2D eigenvalue weighted by atomic mass is 9.99. The van der Waals surface area contributed by atoms with Gasteiger partial charge in [0.25, 0.3) is 0 Å². The van der Waals surface area contributed by atoms with Crippen LogP contribution in [0.2, 0.25) is 0 Å². The second-order valence-electron chi connectivity index (χ2n) is 10.2. The molecular formula is C31H47N. The number of aryl methyl sites for hydroxylation is 2. The van der Waals surface area contributed by atoms with E-state index in [1.807, 2.05) is 0 Å². The number of aromatic nitrogens is 1. The second kappa shape index (κ2) is 13.1. The van der Waals surface area contributed by atoms with E-state index in [9.17, 15) is 0 Å². The van der Waals surface area contributed by atoms with Crippen LogP contribution in [0.5, 0.6) is 0 Å². The highest BCUT2D eigenvalue weighted by molar-refractivity contribution is 6.08. The van der Waals surface area contributed by atoms with Crippen LogP contribution < -0.4 is 0 Å². The van der Waals surface area contributed by atoms with Gasteiger partial charge in [-0.25, -0.2) is 0 Å². The first-order valence-corrected chi connectivity index (χ1v) is 13.7. The van der Waals surface area contributed by atoms with E-state index in [1.165, 1.54) is 123 Å². The zero-order chi connectivity index (χ0) is 22.8. The number of hydrogen-bond acceptors (Lipinski definition) is 0. The smallest absolute Gasteiger partial charge is 0.0496 e. The quantitative estimate of drug-likeness (QED) is 0.210. The van der Waals surface area contributed by atoms with Crippen molar-refractivity contribution in [1.82, 2.24) is 4.57 Å². The van der Waals surface area contributed by atoms with Gasteiger partial charge in [-0.05, 0) is 49.9 Å². The molecule has 0 aliphatic heterocycles. The molecule has 0 bridgehead atoms. The van der Waals surface area contributed by atoms with Crippen LogP contribution in [0.1, 0.15) is 121 Å². The molecule has 2 aromatic carbocycles. The van der Waals surface area contributed by atoms with E-state index in [0.29, 0.717) is 6.04 Å². The highest BCUT2D eigenvalue weighted by Crippen LogP contribution is 2.36. The van der Waals surface area contributed by atoms with E-state index in [-0.39, 0.29) is 0 Å². The molecule has 32 heavy (non-hydrogen) atoms. The van der Waals surface area contributed by atoms with Gasteiger partial charge in [-0.1, -0.05) is 115 Å². The van der Waals surface area contributed by atoms with Crippen LogP contribution in [0.25, 0.3) is 21.8 Å². The van der Waals surface area contributed by atoms with Gasteiger partial charge in [0.05, 0.1) is 0 Å². The fraction of sp³-hybridized carbons (Fsp3) is 0.613. The first-order valence-electron chi connectivity index (χ1n) is 13.7. The van der Waals surface area contributed by atoms with E-state index >= 15 is 0 Å². The number of hydrogen-bond donors (Lipinski definition) is 0. The number of unbranched alkanes of at least 4 members (excludes halogenated alkanes) is 10. The third kappa shape index (κ3) is 6.63. The number of fused-ring (bicyclic) bond motifs is 3. The van der Waals surface area contributed by atoms with Crippen molar-refractivity contribution in [3.8, 4) is 0 Å². The molecule has 0 spiro atoms. The Labute approximate surface area is 197 Å². The molecule has 0 N–H and O–H groups in total. The Kier molecular flexibility index (Phi) is 10.2. The second-order valence-corrected chi connectivity index (χ2v) is 10.2. The van der Waals surface area contributed by atoms with Gasteiger partial charge in [0.1, 0.15) is 0 Å². The summed E-state index contributed by atoms with van der Waals surface area (Å²) in [6.45, 7) is 9.10. The summed E-state index contributed by atoms with van der Waals surface area (Å²) < 4.78 is 2.74. The lowest BCUT2D eigenvalue weighted by molar-refractivity contribution is 0.410. The Morgan fingerprint density at radius 3 is 1.41 bits per heavy atom. The van der Waals surface area contributed by atoms with Crippen molar-refractivity contribution in [2.45, 2.75) is 124 Å². The summed E-state index contributed by atoms with van der Waals surface area (Å²) >= 11 is 0. The maximum absolute atomic E-state index is 2.74. The number of benzene rings is 2. The number of nitrogens with zero attached hydrogens (tertiary/aromatic N) is 1. The van der Waals surface area contributed by atoms with Crippen LogP contribution in [-0.4, -0.2) is 4.57 Å². The van der Waals surface area contributed by atoms with E-state index < -0.39 is 0 Å². The highest BCUT2D eigenvalue weighted by atomic mass is 15.0. The molecule has 3 rings (SSSR count). The van der Waals surface area contributed by atoms with Crippen molar-refractivity contribution in [1.29, 1.82) is 0 Å². The van der Waals surface area contributed by atoms with E-state index in [0.717, 1.165) is 0 Å². The van der Waals surface area contributed by atoms with Gasteiger partial charge in [-0.2, -0.15) is 0 Å². The summed E-state index contributed by atoms with van der Waals surface area (Å²) in [7, 11) is 0. The van der Waals surface area contributed by atoms with Gasteiger partial charge in [-0.15, -0.1) is 0 Å². The Balaban J connectivity index is 1.84. The highest BCUT2D eigenvalue weighted by Gasteiger charge is 2.18. The summed E-state index contributed by atoms with van der Waals surface area (Å²) in [6, 6.07) is 14.7. The van der Waals surface area contributed by atoms with Crippen molar-refractivity contribution in [2.75, 3.05) is 0 Å². The molecule has 0 radical (unpaired) electrons. The zero-order valence-corrected chi connectivity index (χ0v) is 21.4. The first-order chi connectivity index (χ1) is 15.7. The van der Waals surface area contributed by atoms with Crippen molar-refractivity contribution in [2.24, 2.45) is 0 Å². The van der Waals surface area contributed by atoms with Crippen LogP contribution in [-0.2, 0) is 0 Å². The first kappa shape index (κ1) is 24.9. The molecule has 176 valence electrons. The monoisotopic (exact) mass is 433 g/mol. The SMILES string of the molecule is CCCCCCCCC(CCCCCCCC)n1c2cc(C)ccc2c2ccc(C)cc21. The van der Waals surface area contributed by atoms with Crippen molar-refractivity contribution in [3.05, 3.63) is 47.5 Å². The fourth-order valence-electron chi connectivity index (χ4n) is 5.38.